The molecule has 0 radical (unpaired) electrons. The van der Waals surface area contributed by atoms with E-state index in [1.165, 1.54) is 4.88 Å². The van der Waals surface area contributed by atoms with Gasteiger partial charge in [0.25, 0.3) is 0 Å². The highest BCUT2D eigenvalue weighted by Crippen LogP contribution is 2.39. The highest BCUT2D eigenvalue weighted by molar-refractivity contribution is 7.10. The number of hydrogen-bond acceptors (Lipinski definition) is 3. The van der Waals surface area contributed by atoms with Crippen molar-refractivity contribution in [2.24, 2.45) is 0 Å². The van der Waals surface area contributed by atoms with E-state index in [0.29, 0.717) is 6.42 Å². The monoisotopic (exact) mass is 261 g/mol. The van der Waals surface area contributed by atoms with Gasteiger partial charge in [0.2, 0.25) is 5.91 Å². The van der Waals surface area contributed by atoms with Gasteiger partial charge < -0.3 is 5.32 Å². The second-order valence-corrected chi connectivity index (χ2v) is 5.79. The third kappa shape index (κ3) is 1.75. The van der Waals surface area contributed by atoms with Crippen LogP contribution in [-0.2, 0) is 4.79 Å². The number of fused-ring (bicyclic) bond motifs is 1. The molecule has 2 aromatic heterocycles. The van der Waals surface area contributed by atoms with E-state index >= 15 is 0 Å². The molecule has 4 nitrogen and oxygen atoms in total. The summed E-state index contributed by atoms with van der Waals surface area (Å²) in [7, 11) is 0. The van der Waals surface area contributed by atoms with Crippen LogP contribution in [0.15, 0.2) is 23.7 Å². The Bertz CT molecular complexity index is 571. The Hall–Kier alpha value is -1.62. The lowest BCUT2D eigenvalue weighted by Gasteiger charge is -2.23. The minimum absolute atomic E-state index is 0.0725. The van der Waals surface area contributed by atoms with Crippen LogP contribution in [-0.4, -0.2) is 15.7 Å². The molecule has 1 aliphatic rings. The van der Waals surface area contributed by atoms with E-state index in [2.05, 4.69) is 30.3 Å². The second kappa shape index (κ2) is 4.24. The quantitative estimate of drug-likeness (QED) is 0.903. The maximum Gasteiger partial charge on any atom is 0.226 e. The van der Waals surface area contributed by atoms with E-state index in [-0.39, 0.29) is 17.9 Å². The molecular weight excluding hydrogens is 246 g/mol. The summed E-state index contributed by atoms with van der Waals surface area (Å²) in [6.07, 6.45) is 2.40. The van der Waals surface area contributed by atoms with Gasteiger partial charge in [-0.05, 0) is 25.3 Å². The zero-order valence-corrected chi connectivity index (χ0v) is 11.2. The van der Waals surface area contributed by atoms with Crippen molar-refractivity contribution < 1.29 is 4.79 Å². The van der Waals surface area contributed by atoms with Gasteiger partial charge in [-0.15, -0.1) is 11.3 Å². The molecule has 0 saturated heterocycles. The molecular formula is C13H15N3OS. The number of nitrogens with one attached hydrogen (secondary N) is 1. The van der Waals surface area contributed by atoms with Gasteiger partial charge in [-0.2, -0.15) is 5.10 Å². The van der Waals surface area contributed by atoms with Gasteiger partial charge in [-0.1, -0.05) is 6.07 Å². The Labute approximate surface area is 110 Å². The summed E-state index contributed by atoms with van der Waals surface area (Å²) in [5.41, 5.74) is 1.13. The third-order valence-corrected chi connectivity index (χ3v) is 4.21. The van der Waals surface area contributed by atoms with E-state index < -0.39 is 0 Å². The van der Waals surface area contributed by atoms with E-state index in [9.17, 15) is 4.79 Å². The molecule has 1 amide bonds. The van der Waals surface area contributed by atoms with Gasteiger partial charge in [-0.25, -0.2) is 4.68 Å². The topological polar surface area (TPSA) is 46.9 Å². The van der Waals surface area contributed by atoms with Crippen LogP contribution in [0.3, 0.4) is 0 Å². The van der Waals surface area contributed by atoms with Crippen molar-refractivity contribution in [1.29, 1.82) is 0 Å². The number of rotatable bonds is 2. The summed E-state index contributed by atoms with van der Waals surface area (Å²) in [6, 6.07) is 4.36. The zero-order valence-electron chi connectivity index (χ0n) is 10.4. The van der Waals surface area contributed by atoms with E-state index in [1.807, 2.05) is 22.3 Å². The number of nitrogens with zero attached hydrogens (tertiary/aromatic N) is 2. The standard InChI is InChI=1S/C13H15N3OS/c1-8(2)16-13-10(7-14-16)9(6-12(17)15-13)11-4-3-5-18-11/h3-5,7-9H,6H2,1-2H3,(H,15,17). The molecule has 0 aromatic carbocycles. The summed E-state index contributed by atoms with van der Waals surface area (Å²) < 4.78 is 1.88. The largest absolute Gasteiger partial charge is 0.311 e. The van der Waals surface area contributed by atoms with Crippen LogP contribution >= 0.6 is 11.3 Å². The molecule has 3 heterocycles. The smallest absolute Gasteiger partial charge is 0.226 e. The predicted molar refractivity (Wildman–Crippen MR) is 72.0 cm³/mol. The fourth-order valence-electron chi connectivity index (χ4n) is 2.37. The molecule has 1 unspecified atom stereocenters. The summed E-state index contributed by atoms with van der Waals surface area (Å²) in [5, 5.41) is 9.40. The Kier molecular flexibility index (Phi) is 2.70. The van der Waals surface area contributed by atoms with Crippen LogP contribution in [0.25, 0.3) is 0 Å². The molecule has 1 aliphatic heterocycles. The summed E-state index contributed by atoms with van der Waals surface area (Å²) >= 11 is 1.70. The molecule has 0 aliphatic carbocycles. The van der Waals surface area contributed by atoms with Crippen molar-refractivity contribution in [2.45, 2.75) is 32.2 Å². The molecule has 1 N–H and O–H groups in total. The minimum Gasteiger partial charge on any atom is -0.311 e. The first-order chi connectivity index (χ1) is 8.66. The van der Waals surface area contributed by atoms with Crippen molar-refractivity contribution in [3.8, 4) is 0 Å². The number of thiophene rings is 1. The van der Waals surface area contributed by atoms with E-state index in [0.717, 1.165) is 11.4 Å². The Morgan fingerprint density at radius 2 is 2.39 bits per heavy atom. The Balaban J connectivity index is 2.09. The van der Waals surface area contributed by atoms with Crippen LogP contribution in [0.1, 0.15) is 42.7 Å². The molecule has 94 valence electrons. The summed E-state index contributed by atoms with van der Waals surface area (Å²) in [6.45, 7) is 4.13. The number of amides is 1. The SMILES string of the molecule is CC(C)n1ncc2c1NC(=O)CC2c1cccs1. The first kappa shape index (κ1) is 11.5. The van der Waals surface area contributed by atoms with Crippen LogP contribution in [0, 0.1) is 0 Å². The minimum atomic E-state index is 0.0725. The molecule has 0 bridgehead atoms. The fraction of sp³-hybridized carbons (Fsp3) is 0.385. The highest BCUT2D eigenvalue weighted by atomic mass is 32.1. The number of hydrogen-bond donors (Lipinski definition) is 1. The fourth-order valence-corrected chi connectivity index (χ4v) is 3.22. The normalized spacial score (nSPS) is 18.8. The van der Waals surface area contributed by atoms with Crippen molar-refractivity contribution in [1.82, 2.24) is 9.78 Å². The van der Waals surface area contributed by atoms with Crippen LogP contribution in [0.2, 0.25) is 0 Å². The third-order valence-electron chi connectivity index (χ3n) is 3.22. The van der Waals surface area contributed by atoms with E-state index in [4.69, 9.17) is 0 Å². The van der Waals surface area contributed by atoms with Gasteiger partial charge in [0, 0.05) is 28.8 Å². The van der Waals surface area contributed by atoms with Crippen LogP contribution in [0.5, 0.6) is 0 Å². The number of carbonyl (C=O) groups excluding carboxylic acids is 1. The maximum absolute atomic E-state index is 11.9. The summed E-state index contributed by atoms with van der Waals surface area (Å²) in [4.78, 5) is 13.1. The lowest BCUT2D eigenvalue weighted by atomic mass is 9.93. The Morgan fingerprint density at radius 1 is 1.56 bits per heavy atom. The lowest BCUT2D eigenvalue weighted by molar-refractivity contribution is -0.116. The van der Waals surface area contributed by atoms with Gasteiger partial charge in [0.15, 0.2) is 0 Å². The molecule has 3 rings (SSSR count). The van der Waals surface area contributed by atoms with E-state index in [1.54, 1.807) is 11.3 Å². The van der Waals surface area contributed by atoms with Gasteiger partial charge >= 0.3 is 0 Å². The molecule has 0 spiro atoms. The number of carbonyl (C=O) groups is 1. The first-order valence-electron chi connectivity index (χ1n) is 6.07. The maximum atomic E-state index is 11.9. The van der Waals surface area contributed by atoms with Crippen LogP contribution in [0.4, 0.5) is 5.82 Å². The summed E-state index contributed by atoms with van der Waals surface area (Å²) in [5.74, 6) is 1.09. The number of anilines is 1. The van der Waals surface area contributed by atoms with Crippen molar-refractivity contribution in [2.75, 3.05) is 5.32 Å². The average Bonchev–Trinajstić information content (AvgIpc) is 2.96. The molecule has 18 heavy (non-hydrogen) atoms. The van der Waals surface area contributed by atoms with Crippen molar-refractivity contribution >= 4 is 23.1 Å². The van der Waals surface area contributed by atoms with Crippen LogP contribution < -0.4 is 5.32 Å². The predicted octanol–water partition coefficient (Wildman–Crippen LogP) is 3.00. The van der Waals surface area contributed by atoms with Crippen molar-refractivity contribution in [3.63, 3.8) is 0 Å². The Morgan fingerprint density at radius 3 is 3.06 bits per heavy atom. The van der Waals surface area contributed by atoms with Gasteiger partial charge in [-0.3, -0.25) is 4.79 Å². The molecule has 0 saturated carbocycles. The second-order valence-electron chi connectivity index (χ2n) is 4.81. The molecule has 1 atom stereocenters. The highest BCUT2D eigenvalue weighted by Gasteiger charge is 2.30. The molecule has 5 heteroatoms. The van der Waals surface area contributed by atoms with Crippen molar-refractivity contribution in [3.05, 3.63) is 34.2 Å². The zero-order chi connectivity index (χ0) is 12.7. The van der Waals surface area contributed by atoms with Gasteiger partial charge in [0.05, 0.1) is 6.20 Å². The molecule has 0 fully saturated rings. The lowest BCUT2D eigenvalue weighted by Crippen LogP contribution is -2.24. The van der Waals surface area contributed by atoms with Gasteiger partial charge in [0.1, 0.15) is 5.82 Å². The average molecular weight is 261 g/mol. The number of aromatic nitrogens is 2. The first-order valence-corrected chi connectivity index (χ1v) is 6.95. The molecule has 2 aromatic rings.